The molecule has 0 fully saturated rings. The highest BCUT2D eigenvalue weighted by Gasteiger charge is 2.13. The summed E-state index contributed by atoms with van der Waals surface area (Å²) in [4.78, 5) is 4.11. The molecule has 1 aromatic heterocycles. The largest absolute Gasteiger partial charge is 0.508 e. The van der Waals surface area contributed by atoms with Crippen molar-refractivity contribution in [2.75, 3.05) is 10.5 Å². The first-order chi connectivity index (χ1) is 9.87. The third kappa shape index (κ3) is 4.19. The van der Waals surface area contributed by atoms with E-state index in [2.05, 4.69) is 9.71 Å². The summed E-state index contributed by atoms with van der Waals surface area (Å²) < 4.78 is 26.8. The lowest BCUT2D eigenvalue weighted by atomic mass is 10.1. The van der Waals surface area contributed by atoms with E-state index in [1.165, 1.54) is 0 Å². The average Bonchev–Trinajstić information content (AvgIpc) is 2.44. The zero-order valence-electron chi connectivity index (χ0n) is 12.0. The number of aromatic nitrogens is 1. The Morgan fingerprint density at radius 1 is 1.19 bits per heavy atom. The maximum absolute atomic E-state index is 12.1. The second kappa shape index (κ2) is 6.13. The van der Waals surface area contributed by atoms with E-state index in [1.807, 2.05) is 6.07 Å². The van der Waals surface area contributed by atoms with Crippen LogP contribution in [-0.4, -0.2) is 24.3 Å². The molecule has 0 radical (unpaired) electrons. The molecule has 1 heterocycles. The molecule has 2 aromatic rings. The first kappa shape index (κ1) is 15.3. The van der Waals surface area contributed by atoms with E-state index in [1.54, 1.807) is 44.3 Å². The number of hydrogen-bond donors (Lipinski definition) is 2. The lowest BCUT2D eigenvalue weighted by Gasteiger charge is -2.12. The van der Waals surface area contributed by atoms with Crippen LogP contribution in [0.2, 0.25) is 0 Å². The molecule has 0 amide bonds. The second-order valence-corrected chi connectivity index (χ2v) is 6.79. The van der Waals surface area contributed by atoms with Crippen molar-refractivity contribution in [3.63, 3.8) is 0 Å². The van der Waals surface area contributed by atoms with Gasteiger partial charge in [0.1, 0.15) is 5.75 Å². The molecule has 0 unspecified atom stereocenters. The van der Waals surface area contributed by atoms with Crippen LogP contribution in [0, 0.1) is 13.8 Å². The minimum Gasteiger partial charge on any atom is -0.508 e. The predicted molar refractivity (Wildman–Crippen MR) is 82.9 cm³/mol. The summed E-state index contributed by atoms with van der Waals surface area (Å²) >= 11 is 0. The van der Waals surface area contributed by atoms with Gasteiger partial charge in [-0.25, -0.2) is 8.42 Å². The van der Waals surface area contributed by atoms with Gasteiger partial charge >= 0.3 is 0 Å². The number of aryl methyl sites for hydroxylation is 3. The Morgan fingerprint density at radius 3 is 2.62 bits per heavy atom. The number of sulfonamides is 1. The number of rotatable bonds is 5. The van der Waals surface area contributed by atoms with Crippen LogP contribution in [0.4, 0.5) is 5.69 Å². The molecule has 2 N–H and O–H groups in total. The molecule has 0 saturated carbocycles. The number of hydrogen-bond acceptors (Lipinski definition) is 4. The minimum atomic E-state index is -3.46. The van der Waals surface area contributed by atoms with E-state index in [9.17, 15) is 13.5 Å². The third-order valence-corrected chi connectivity index (χ3v) is 4.43. The van der Waals surface area contributed by atoms with Crippen molar-refractivity contribution in [3.8, 4) is 5.75 Å². The van der Waals surface area contributed by atoms with Crippen molar-refractivity contribution in [2.45, 2.75) is 20.3 Å². The van der Waals surface area contributed by atoms with E-state index in [0.717, 1.165) is 5.69 Å². The summed E-state index contributed by atoms with van der Waals surface area (Å²) in [7, 11) is -3.46. The van der Waals surface area contributed by atoms with Gasteiger partial charge in [0, 0.05) is 18.3 Å². The summed E-state index contributed by atoms with van der Waals surface area (Å²) in [6.07, 6.45) is 2.00. The number of anilines is 1. The Balaban J connectivity index is 2.09. The zero-order chi connectivity index (χ0) is 15.5. The molecule has 2 rings (SSSR count). The van der Waals surface area contributed by atoms with E-state index in [0.29, 0.717) is 23.2 Å². The molecule has 0 saturated heterocycles. The van der Waals surface area contributed by atoms with Gasteiger partial charge in [-0.05, 0) is 49.2 Å². The van der Waals surface area contributed by atoms with Crippen LogP contribution in [0.5, 0.6) is 5.75 Å². The highest BCUT2D eigenvalue weighted by molar-refractivity contribution is 7.92. The first-order valence-electron chi connectivity index (χ1n) is 6.58. The fourth-order valence-electron chi connectivity index (χ4n) is 1.91. The van der Waals surface area contributed by atoms with Crippen LogP contribution in [0.3, 0.4) is 0 Å². The lowest BCUT2D eigenvalue weighted by Crippen LogP contribution is -2.19. The van der Waals surface area contributed by atoms with E-state index in [-0.39, 0.29) is 11.5 Å². The Bertz CT molecular complexity index is 728. The Labute approximate surface area is 124 Å². The van der Waals surface area contributed by atoms with Gasteiger partial charge in [-0.2, -0.15) is 0 Å². The molecule has 0 bridgehead atoms. The first-order valence-corrected chi connectivity index (χ1v) is 8.23. The molecular formula is C15H18N2O3S. The van der Waals surface area contributed by atoms with Gasteiger partial charge in [-0.15, -0.1) is 0 Å². The van der Waals surface area contributed by atoms with Crippen LogP contribution in [0.25, 0.3) is 0 Å². The Hall–Kier alpha value is -2.08. The maximum atomic E-state index is 12.1. The SMILES string of the molecule is Cc1cc(NS(=O)(=O)CCc2ccccn2)c(C)cc1O. The van der Waals surface area contributed by atoms with Crippen LogP contribution < -0.4 is 4.72 Å². The smallest absolute Gasteiger partial charge is 0.233 e. The highest BCUT2D eigenvalue weighted by Crippen LogP contribution is 2.25. The van der Waals surface area contributed by atoms with Crippen molar-refractivity contribution in [3.05, 3.63) is 53.3 Å². The van der Waals surface area contributed by atoms with Crippen molar-refractivity contribution >= 4 is 15.7 Å². The van der Waals surface area contributed by atoms with Crippen LogP contribution in [0.15, 0.2) is 36.5 Å². The number of phenolic OH excluding ortho intramolecular Hbond substituents is 1. The van der Waals surface area contributed by atoms with Gasteiger partial charge in [0.25, 0.3) is 0 Å². The molecule has 0 aliphatic heterocycles. The minimum absolute atomic E-state index is 0.0383. The third-order valence-electron chi connectivity index (χ3n) is 3.16. The number of pyridine rings is 1. The normalized spacial score (nSPS) is 11.3. The topological polar surface area (TPSA) is 79.3 Å². The Morgan fingerprint density at radius 2 is 1.95 bits per heavy atom. The van der Waals surface area contributed by atoms with Gasteiger partial charge in [0.2, 0.25) is 10.0 Å². The summed E-state index contributed by atoms with van der Waals surface area (Å²) in [6, 6.07) is 8.59. The maximum Gasteiger partial charge on any atom is 0.233 e. The van der Waals surface area contributed by atoms with Crippen molar-refractivity contribution in [2.24, 2.45) is 0 Å². The quantitative estimate of drug-likeness (QED) is 0.831. The molecule has 6 heteroatoms. The number of nitrogens with zero attached hydrogens (tertiary/aromatic N) is 1. The predicted octanol–water partition coefficient (Wildman–Crippen LogP) is 2.39. The summed E-state index contributed by atoms with van der Waals surface area (Å²) in [5, 5.41) is 9.59. The monoisotopic (exact) mass is 306 g/mol. The van der Waals surface area contributed by atoms with Crippen LogP contribution >= 0.6 is 0 Å². The summed E-state index contributed by atoms with van der Waals surface area (Å²) in [5.74, 6) is 0.118. The fourth-order valence-corrected chi connectivity index (χ4v) is 3.05. The van der Waals surface area contributed by atoms with Gasteiger partial charge in [0.15, 0.2) is 0 Å². The summed E-state index contributed by atoms with van der Waals surface area (Å²) in [6.45, 7) is 3.47. The number of phenols is 1. The molecule has 5 nitrogen and oxygen atoms in total. The number of benzene rings is 1. The molecule has 0 aliphatic carbocycles. The number of nitrogens with one attached hydrogen (secondary N) is 1. The molecule has 0 atom stereocenters. The molecule has 1 aromatic carbocycles. The second-order valence-electron chi connectivity index (χ2n) is 4.95. The number of aromatic hydroxyl groups is 1. The molecule has 0 aliphatic rings. The van der Waals surface area contributed by atoms with Crippen LogP contribution in [-0.2, 0) is 16.4 Å². The van der Waals surface area contributed by atoms with Crippen molar-refractivity contribution < 1.29 is 13.5 Å². The van der Waals surface area contributed by atoms with E-state index in [4.69, 9.17) is 0 Å². The average molecular weight is 306 g/mol. The standard InChI is InChI=1S/C15H18N2O3S/c1-11-10-15(18)12(2)9-14(11)17-21(19,20)8-6-13-5-3-4-7-16-13/h3-5,7,9-10,17-18H,6,8H2,1-2H3. The van der Waals surface area contributed by atoms with Crippen LogP contribution in [0.1, 0.15) is 16.8 Å². The zero-order valence-corrected chi connectivity index (χ0v) is 12.8. The van der Waals surface area contributed by atoms with Crippen molar-refractivity contribution in [1.29, 1.82) is 0 Å². The summed E-state index contributed by atoms with van der Waals surface area (Å²) in [5.41, 5.74) is 2.54. The van der Waals surface area contributed by atoms with E-state index >= 15 is 0 Å². The highest BCUT2D eigenvalue weighted by atomic mass is 32.2. The molecule has 112 valence electrons. The van der Waals surface area contributed by atoms with Gasteiger partial charge < -0.3 is 5.11 Å². The van der Waals surface area contributed by atoms with E-state index < -0.39 is 10.0 Å². The fraction of sp³-hybridized carbons (Fsp3) is 0.267. The molecule has 21 heavy (non-hydrogen) atoms. The molecular weight excluding hydrogens is 288 g/mol. The van der Waals surface area contributed by atoms with Gasteiger partial charge in [-0.1, -0.05) is 6.07 Å². The Kier molecular flexibility index (Phi) is 4.47. The molecule has 0 spiro atoms. The van der Waals surface area contributed by atoms with Crippen molar-refractivity contribution in [1.82, 2.24) is 4.98 Å². The van der Waals surface area contributed by atoms with Gasteiger partial charge in [-0.3, -0.25) is 9.71 Å². The van der Waals surface area contributed by atoms with Gasteiger partial charge in [0.05, 0.1) is 11.4 Å². The lowest BCUT2D eigenvalue weighted by molar-refractivity contribution is 0.471.